The zero-order valence-electron chi connectivity index (χ0n) is 7.80. The van der Waals surface area contributed by atoms with Crippen LogP contribution in [0.5, 0.6) is 0 Å². The third-order valence-corrected chi connectivity index (χ3v) is 2.73. The molecule has 0 spiro atoms. The van der Waals surface area contributed by atoms with Crippen LogP contribution in [0.1, 0.15) is 28.4 Å². The van der Waals surface area contributed by atoms with Crippen molar-refractivity contribution in [2.24, 2.45) is 0 Å². The predicted molar refractivity (Wildman–Crippen MR) is 53.4 cm³/mol. The van der Waals surface area contributed by atoms with Gasteiger partial charge in [0, 0.05) is 11.8 Å². The molecule has 1 aromatic heterocycles. The lowest BCUT2D eigenvalue weighted by atomic mass is 10.3. The number of carbonyl (C=O) groups is 2. The van der Waals surface area contributed by atoms with Crippen molar-refractivity contribution in [2.75, 3.05) is 5.32 Å². The molecule has 0 saturated heterocycles. The minimum absolute atomic E-state index is 0.0321. The maximum absolute atomic E-state index is 11.0. The van der Waals surface area contributed by atoms with Gasteiger partial charge in [-0.05, 0) is 19.9 Å². The lowest BCUT2D eigenvalue weighted by Crippen LogP contribution is -2.05. The fourth-order valence-corrected chi connectivity index (χ4v) is 1.84. The second kappa shape index (κ2) is 3.70. The van der Waals surface area contributed by atoms with E-state index in [1.807, 2.05) is 6.92 Å². The number of aryl methyl sites for hydroxylation is 1. The van der Waals surface area contributed by atoms with Gasteiger partial charge in [0.15, 0.2) is 5.78 Å². The first-order valence-electron chi connectivity index (χ1n) is 3.89. The highest BCUT2D eigenvalue weighted by Crippen LogP contribution is 2.26. The molecule has 1 amide bonds. The summed E-state index contributed by atoms with van der Waals surface area (Å²) in [5.41, 5.74) is 0.739. The Labute approximate surface area is 80.8 Å². The van der Waals surface area contributed by atoms with Crippen LogP contribution in [-0.4, -0.2) is 11.7 Å². The van der Waals surface area contributed by atoms with Crippen molar-refractivity contribution < 1.29 is 9.59 Å². The van der Waals surface area contributed by atoms with Gasteiger partial charge < -0.3 is 5.32 Å². The summed E-state index contributed by atoms with van der Waals surface area (Å²) in [5.74, 6) is -0.0827. The maximum atomic E-state index is 11.0. The summed E-state index contributed by atoms with van der Waals surface area (Å²) < 4.78 is 0. The average molecular weight is 197 g/mol. The molecule has 1 aromatic rings. The number of hydrogen-bond acceptors (Lipinski definition) is 3. The van der Waals surface area contributed by atoms with Crippen LogP contribution >= 0.6 is 11.3 Å². The van der Waals surface area contributed by atoms with Crippen molar-refractivity contribution in [2.45, 2.75) is 20.8 Å². The largest absolute Gasteiger partial charge is 0.325 e. The maximum Gasteiger partial charge on any atom is 0.221 e. The fraction of sp³-hybridized carbons (Fsp3) is 0.333. The predicted octanol–water partition coefficient (Wildman–Crippen LogP) is 2.22. The zero-order chi connectivity index (χ0) is 10.0. The number of Topliss-reactive ketones (excluding diaryl/α,β-unsaturated/α-hetero) is 1. The molecule has 0 fully saturated rings. The summed E-state index contributed by atoms with van der Waals surface area (Å²) in [4.78, 5) is 23.4. The Balaban J connectivity index is 2.96. The first-order chi connectivity index (χ1) is 6.00. The first kappa shape index (κ1) is 9.92. The van der Waals surface area contributed by atoms with Crippen LogP contribution in [0.15, 0.2) is 6.07 Å². The summed E-state index contributed by atoms with van der Waals surface area (Å²) in [6, 6.07) is 1.71. The number of hydrogen-bond donors (Lipinski definition) is 1. The van der Waals surface area contributed by atoms with E-state index in [4.69, 9.17) is 0 Å². The Bertz CT molecular complexity index is 354. The van der Waals surface area contributed by atoms with Crippen molar-refractivity contribution >= 4 is 28.7 Å². The van der Waals surface area contributed by atoms with E-state index >= 15 is 0 Å². The molecule has 0 radical (unpaired) electrons. The van der Waals surface area contributed by atoms with E-state index in [1.165, 1.54) is 25.2 Å². The zero-order valence-corrected chi connectivity index (χ0v) is 8.62. The van der Waals surface area contributed by atoms with Crippen LogP contribution in [0.4, 0.5) is 5.69 Å². The van der Waals surface area contributed by atoms with Crippen LogP contribution in [0.3, 0.4) is 0 Å². The van der Waals surface area contributed by atoms with E-state index in [2.05, 4.69) is 5.32 Å². The molecule has 0 unspecified atom stereocenters. The average Bonchev–Trinajstić information content (AvgIpc) is 2.31. The third-order valence-electron chi connectivity index (χ3n) is 1.58. The topological polar surface area (TPSA) is 46.2 Å². The standard InChI is InChI=1S/C9H11NO2S/c1-5(11)9-4-8(6(2)13-9)10-7(3)12/h4H,1-3H3,(H,10,12). The van der Waals surface area contributed by atoms with Gasteiger partial charge in [0.1, 0.15) is 0 Å². The number of anilines is 1. The van der Waals surface area contributed by atoms with E-state index < -0.39 is 0 Å². The summed E-state index contributed by atoms with van der Waals surface area (Å²) >= 11 is 1.40. The van der Waals surface area contributed by atoms with Crippen molar-refractivity contribution in [3.63, 3.8) is 0 Å². The lowest BCUT2D eigenvalue weighted by Gasteiger charge is -1.97. The van der Waals surface area contributed by atoms with Gasteiger partial charge >= 0.3 is 0 Å². The molecular formula is C9H11NO2S. The second-order valence-corrected chi connectivity index (χ2v) is 4.07. The second-order valence-electron chi connectivity index (χ2n) is 2.82. The van der Waals surface area contributed by atoms with Crippen molar-refractivity contribution in [3.8, 4) is 0 Å². The molecule has 1 rings (SSSR count). The molecule has 0 aliphatic heterocycles. The molecule has 0 saturated carbocycles. The summed E-state index contributed by atoms with van der Waals surface area (Å²) in [6.07, 6.45) is 0. The van der Waals surface area contributed by atoms with Crippen LogP contribution in [0.2, 0.25) is 0 Å². The van der Waals surface area contributed by atoms with Crippen LogP contribution in [0.25, 0.3) is 0 Å². The van der Waals surface area contributed by atoms with Crippen molar-refractivity contribution in [1.82, 2.24) is 0 Å². The monoisotopic (exact) mass is 197 g/mol. The van der Waals surface area contributed by atoms with Crippen LogP contribution in [-0.2, 0) is 4.79 Å². The molecule has 0 atom stereocenters. The van der Waals surface area contributed by atoms with Gasteiger partial charge in [0.05, 0.1) is 10.6 Å². The van der Waals surface area contributed by atoms with Crippen molar-refractivity contribution in [3.05, 3.63) is 15.8 Å². The quantitative estimate of drug-likeness (QED) is 0.739. The van der Waals surface area contributed by atoms with E-state index in [1.54, 1.807) is 6.07 Å². The smallest absolute Gasteiger partial charge is 0.221 e. The van der Waals surface area contributed by atoms with Gasteiger partial charge in [0.2, 0.25) is 5.91 Å². The third kappa shape index (κ3) is 2.39. The summed E-state index contributed by atoms with van der Waals surface area (Å²) in [7, 11) is 0. The Morgan fingerprint density at radius 2 is 2.00 bits per heavy atom. The van der Waals surface area contributed by atoms with E-state index in [9.17, 15) is 9.59 Å². The molecule has 70 valence electrons. The number of thiophene rings is 1. The van der Waals surface area contributed by atoms with Gasteiger partial charge in [-0.3, -0.25) is 9.59 Å². The van der Waals surface area contributed by atoms with Gasteiger partial charge in [-0.15, -0.1) is 11.3 Å². The van der Waals surface area contributed by atoms with Crippen molar-refractivity contribution in [1.29, 1.82) is 0 Å². The summed E-state index contributed by atoms with van der Waals surface area (Å²) in [6.45, 7) is 4.84. The molecular weight excluding hydrogens is 186 g/mol. The number of nitrogens with one attached hydrogen (secondary N) is 1. The normalized spacial score (nSPS) is 9.77. The summed E-state index contributed by atoms with van der Waals surface area (Å²) in [5, 5.41) is 2.67. The molecule has 0 aliphatic rings. The fourth-order valence-electron chi connectivity index (χ4n) is 0.969. The Morgan fingerprint density at radius 1 is 1.38 bits per heavy atom. The van der Waals surface area contributed by atoms with E-state index in [0.29, 0.717) is 4.88 Å². The number of amides is 1. The lowest BCUT2D eigenvalue weighted by molar-refractivity contribution is -0.114. The molecule has 3 nitrogen and oxygen atoms in total. The highest BCUT2D eigenvalue weighted by atomic mass is 32.1. The minimum atomic E-state index is -0.115. The van der Waals surface area contributed by atoms with Gasteiger partial charge in [-0.2, -0.15) is 0 Å². The van der Waals surface area contributed by atoms with E-state index in [0.717, 1.165) is 10.6 Å². The van der Waals surface area contributed by atoms with Crippen LogP contribution in [0, 0.1) is 6.92 Å². The SMILES string of the molecule is CC(=O)Nc1cc(C(C)=O)sc1C. The van der Waals surface area contributed by atoms with Gasteiger partial charge in [0.25, 0.3) is 0 Å². The number of carbonyl (C=O) groups excluding carboxylic acids is 2. The molecule has 0 aromatic carbocycles. The highest BCUT2D eigenvalue weighted by Gasteiger charge is 2.08. The molecule has 13 heavy (non-hydrogen) atoms. The van der Waals surface area contributed by atoms with E-state index in [-0.39, 0.29) is 11.7 Å². The molecule has 1 heterocycles. The molecule has 4 heteroatoms. The minimum Gasteiger partial charge on any atom is -0.325 e. The van der Waals surface area contributed by atoms with Gasteiger partial charge in [-0.25, -0.2) is 0 Å². The first-order valence-corrected chi connectivity index (χ1v) is 4.71. The molecule has 1 N–H and O–H groups in total. The van der Waals surface area contributed by atoms with Crippen LogP contribution < -0.4 is 5.32 Å². The molecule has 0 aliphatic carbocycles. The highest BCUT2D eigenvalue weighted by molar-refractivity contribution is 7.14. The number of ketones is 1. The Hall–Kier alpha value is -1.16. The number of rotatable bonds is 2. The van der Waals surface area contributed by atoms with Gasteiger partial charge in [-0.1, -0.05) is 0 Å². The Kier molecular flexibility index (Phi) is 2.83. The molecule has 0 bridgehead atoms. The Morgan fingerprint density at radius 3 is 2.38 bits per heavy atom.